The molecule has 194 valence electrons. The number of nitrogens with one attached hydrogen (secondary N) is 2. The average molecular weight is 546 g/mol. The van der Waals surface area contributed by atoms with Gasteiger partial charge >= 0.3 is 0 Å². The molecular formula is C23H23ClF3N3O5S. The highest BCUT2D eigenvalue weighted by Crippen LogP contribution is 2.55. The molecule has 2 bridgehead atoms. The van der Waals surface area contributed by atoms with E-state index in [9.17, 15) is 36.3 Å². The highest BCUT2D eigenvalue weighted by molar-refractivity contribution is 7.92. The number of nitrogens with two attached hydrogens (primary N) is 1. The van der Waals surface area contributed by atoms with Crippen LogP contribution in [0.1, 0.15) is 29.6 Å². The fourth-order valence-electron chi connectivity index (χ4n) is 4.98. The minimum Gasteiger partial charge on any atom is -0.387 e. The zero-order valence-corrected chi connectivity index (χ0v) is 20.3. The molecule has 0 aromatic heterocycles. The Kier molecular flexibility index (Phi) is 7.08. The Morgan fingerprint density at radius 1 is 1.08 bits per heavy atom. The molecule has 36 heavy (non-hydrogen) atoms. The smallest absolute Gasteiger partial charge is 0.255 e. The lowest BCUT2D eigenvalue weighted by Gasteiger charge is -2.58. The van der Waals surface area contributed by atoms with Crippen molar-refractivity contribution in [2.75, 3.05) is 18.4 Å². The number of carbonyl (C=O) groups is 2. The molecule has 0 aliphatic heterocycles. The van der Waals surface area contributed by atoms with Gasteiger partial charge in [0.1, 0.15) is 0 Å². The maximum absolute atomic E-state index is 13.5. The van der Waals surface area contributed by atoms with Crippen LogP contribution in [0.15, 0.2) is 35.2 Å². The van der Waals surface area contributed by atoms with Crippen molar-refractivity contribution in [2.24, 2.45) is 17.6 Å². The van der Waals surface area contributed by atoms with E-state index in [1.54, 1.807) is 0 Å². The van der Waals surface area contributed by atoms with Gasteiger partial charge in [0.2, 0.25) is 5.91 Å². The standard InChI is InChI=1S/C23H23ClF3N3O5S/c24-16-2-1-11(22(32)30-14-7-17(25)21(27)18(26)8-14)3-19(16)36(34,35)15-5-12-4-13(6-15)23(12,33)10-29-20(31)9-28/h1-3,7-8,12-13,15,33H,4-6,9-10,28H2,(H,29,31)(H,30,32). The summed E-state index contributed by atoms with van der Waals surface area (Å²) in [6.07, 6.45) is 0.880. The monoisotopic (exact) mass is 545 g/mol. The average Bonchev–Trinajstić information content (AvgIpc) is 2.85. The molecule has 2 unspecified atom stereocenters. The number of sulfone groups is 1. The molecule has 2 atom stereocenters. The number of hydrogen-bond acceptors (Lipinski definition) is 6. The number of fused-ring (bicyclic) bond motifs is 2. The van der Waals surface area contributed by atoms with Crippen molar-refractivity contribution >= 4 is 38.9 Å². The zero-order valence-electron chi connectivity index (χ0n) is 18.7. The molecule has 13 heteroatoms. The van der Waals surface area contributed by atoms with Gasteiger partial charge in [0.25, 0.3) is 5.91 Å². The Labute approximate surface area is 209 Å². The molecule has 2 aromatic carbocycles. The number of aliphatic hydroxyl groups is 1. The maximum atomic E-state index is 13.5. The van der Waals surface area contributed by atoms with Gasteiger partial charge in [-0.25, -0.2) is 21.6 Å². The number of anilines is 1. The van der Waals surface area contributed by atoms with Crippen molar-refractivity contribution in [2.45, 2.75) is 35.0 Å². The number of halogens is 4. The van der Waals surface area contributed by atoms with E-state index in [-0.39, 0.29) is 58.9 Å². The van der Waals surface area contributed by atoms with Gasteiger partial charge < -0.3 is 21.5 Å². The van der Waals surface area contributed by atoms with E-state index in [4.69, 9.17) is 17.3 Å². The van der Waals surface area contributed by atoms with E-state index in [0.29, 0.717) is 18.6 Å². The Morgan fingerprint density at radius 2 is 1.69 bits per heavy atom. The molecule has 5 rings (SSSR count). The minimum atomic E-state index is -4.03. The van der Waals surface area contributed by atoms with Crippen molar-refractivity contribution in [1.29, 1.82) is 0 Å². The second kappa shape index (κ2) is 9.66. The summed E-state index contributed by atoms with van der Waals surface area (Å²) in [6.45, 7) is -0.248. The molecule has 0 heterocycles. The molecule has 0 radical (unpaired) electrons. The molecule has 8 nitrogen and oxygen atoms in total. The Morgan fingerprint density at radius 3 is 2.28 bits per heavy atom. The first kappa shape index (κ1) is 26.4. The largest absolute Gasteiger partial charge is 0.387 e. The van der Waals surface area contributed by atoms with Gasteiger partial charge in [0.15, 0.2) is 27.3 Å². The van der Waals surface area contributed by atoms with Crippen LogP contribution in [0.2, 0.25) is 5.02 Å². The molecular weight excluding hydrogens is 523 g/mol. The molecule has 0 saturated heterocycles. The highest BCUT2D eigenvalue weighted by atomic mass is 35.5. The van der Waals surface area contributed by atoms with Crippen molar-refractivity contribution in [3.8, 4) is 0 Å². The van der Waals surface area contributed by atoms with E-state index in [1.165, 1.54) is 12.1 Å². The van der Waals surface area contributed by atoms with E-state index < -0.39 is 50.0 Å². The Balaban J connectivity index is 1.52. The third kappa shape index (κ3) is 4.70. The molecule has 2 amide bonds. The summed E-state index contributed by atoms with van der Waals surface area (Å²) in [4.78, 5) is 23.8. The molecule has 3 fully saturated rings. The summed E-state index contributed by atoms with van der Waals surface area (Å²) in [7, 11) is -4.03. The van der Waals surface area contributed by atoms with Crippen molar-refractivity contribution < 1.29 is 36.3 Å². The topological polar surface area (TPSA) is 139 Å². The second-order valence-electron chi connectivity index (χ2n) is 9.09. The maximum Gasteiger partial charge on any atom is 0.255 e. The van der Waals surface area contributed by atoms with Crippen LogP contribution in [0.25, 0.3) is 0 Å². The zero-order chi connectivity index (χ0) is 26.4. The lowest BCUT2D eigenvalue weighted by atomic mass is 9.53. The van der Waals surface area contributed by atoms with Crippen LogP contribution in [0.4, 0.5) is 18.9 Å². The van der Waals surface area contributed by atoms with Crippen LogP contribution in [0, 0.1) is 29.3 Å². The molecule has 3 saturated carbocycles. The third-order valence-corrected chi connectivity index (χ3v) is 9.67. The summed E-state index contributed by atoms with van der Waals surface area (Å²) in [5.74, 6) is -6.71. The first-order valence-electron chi connectivity index (χ1n) is 11.0. The second-order valence-corrected chi connectivity index (χ2v) is 11.7. The van der Waals surface area contributed by atoms with Crippen LogP contribution < -0.4 is 16.4 Å². The highest BCUT2D eigenvalue weighted by Gasteiger charge is 2.60. The van der Waals surface area contributed by atoms with Crippen molar-refractivity contribution in [1.82, 2.24) is 5.32 Å². The first-order valence-corrected chi connectivity index (χ1v) is 13.0. The van der Waals surface area contributed by atoms with Crippen LogP contribution in [-0.2, 0) is 14.6 Å². The number of amides is 2. The summed E-state index contributed by atoms with van der Waals surface area (Å²) < 4.78 is 67.0. The normalized spacial score (nSPS) is 25.1. The van der Waals surface area contributed by atoms with Crippen LogP contribution in [0.3, 0.4) is 0 Å². The summed E-state index contributed by atoms with van der Waals surface area (Å²) in [6, 6.07) is 4.71. The molecule has 2 aromatic rings. The summed E-state index contributed by atoms with van der Waals surface area (Å²) >= 11 is 6.17. The van der Waals surface area contributed by atoms with Gasteiger partial charge in [-0.15, -0.1) is 0 Å². The number of hydrogen-bond donors (Lipinski definition) is 4. The van der Waals surface area contributed by atoms with E-state index in [0.717, 1.165) is 6.07 Å². The van der Waals surface area contributed by atoms with Gasteiger partial charge in [0.05, 0.1) is 27.3 Å². The fourth-order valence-corrected chi connectivity index (χ4v) is 7.39. The SMILES string of the molecule is NCC(=O)NCC1(O)C2CC1CC(S(=O)(=O)c1cc(C(=O)Nc3cc(F)c(F)c(F)c3)ccc1Cl)C2. The van der Waals surface area contributed by atoms with Gasteiger partial charge in [-0.05, 0) is 49.3 Å². The molecule has 3 aliphatic carbocycles. The van der Waals surface area contributed by atoms with Crippen LogP contribution in [0.5, 0.6) is 0 Å². The van der Waals surface area contributed by atoms with Gasteiger partial charge in [-0.1, -0.05) is 11.6 Å². The van der Waals surface area contributed by atoms with Gasteiger partial charge in [0, 0.05) is 29.9 Å². The van der Waals surface area contributed by atoms with E-state index >= 15 is 0 Å². The molecule has 0 spiro atoms. The molecule has 5 N–H and O–H groups in total. The predicted molar refractivity (Wildman–Crippen MR) is 125 cm³/mol. The minimum absolute atomic E-state index is 0.0217. The van der Waals surface area contributed by atoms with Crippen molar-refractivity contribution in [3.63, 3.8) is 0 Å². The van der Waals surface area contributed by atoms with E-state index in [2.05, 4.69) is 10.6 Å². The first-order chi connectivity index (χ1) is 16.9. The quantitative estimate of drug-likeness (QED) is 0.394. The number of benzene rings is 2. The number of rotatable bonds is 7. The van der Waals surface area contributed by atoms with Crippen molar-refractivity contribution in [3.05, 3.63) is 58.4 Å². The number of carbonyl (C=O) groups excluding carboxylic acids is 2. The van der Waals surface area contributed by atoms with Crippen LogP contribution in [-0.4, -0.2) is 49.3 Å². The Hall–Kier alpha value is -2.67. The van der Waals surface area contributed by atoms with Gasteiger partial charge in [-0.3, -0.25) is 9.59 Å². The third-order valence-electron chi connectivity index (χ3n) is 7.01. The fraction of sp³-hybridized carbons (Fsp3) is 0.391. The summed E-state index contributed by atoms with van der Waals surface area (Å²) in [5.41, 5.74) is 3.54. The predicted octanol–water partition coefficient (Wildman–Crippen LogP) is 2.39. The molecule has 3 aliphatic rings. The Bertz CT molecular complexity index is 1310. The van der Waals surface area contributed by atoms with E-state index in [1.807, 2.05) is 0 Å². The lowest BCUT2D eigenvalue weighted by molar-refractivity contribution is -0.174. The summed E-state index contributed by atoms with van der Waals surface area (Å²) in [5, 5.41) is 14.7. The lowest BCUT2D eigenvalue weighted by Crippen LogP contribution is -2.66. The van der Waals surface area contributed by atoms with Crippen LogP contribution >= 0.6 is 11.6 Å². The van der Waals surface area contributed by atoms with Gasteiger partial charge in [-0.2, -0.15) is 0 Å².